The zero-order chi connectivity index (χ0) is 11.4. The highest BCUT2D eigenvalue weighted by atomic mass is 15.2. The van der Waals surface area contributed by atoms with E-state index >= 15 is 0 Å². The van der Waals surface area contributed by atoms with Crippen molar-refractivity contribution in [2.24, 2.45) is 13.0 Å². The van der Waals surface area contributed by atoms with Gasteiger partial charge in [0.2, 0.25) is 0 Å². The molecule has 0 spiro atoms. The number of aromatic nitrogens is 2. The lowest BCUT2D eigenvalue weighted by molar-refractivity contribution is 0.478. The van der Waals surface area contributed by atoms with Crippen LogP contribution in [-0.4, -0.2) is 22.4 Å². The Kier molecular flexibility index (Phi) is 3.99. The highest BCUT2D eigenvalue weighted by molar-refractivity contribution is 4.99. The summed E-state index contributed by atoms with van der Waals surface area (Å²) in [5.74, 6) is 0.965. The third kappa shape index (κ3) is 3.08. The Labute approximate surface area is 98.2 Å². The average molecular weight is 221 g/mol. The molecule has 0 aromatic carbocycles. The van der Waals surface area contributed by atoms with Crippen molar-refractivity contribution >= 4 is 0 Å². The molecule has 3 heteroatoms. The van der Waals surface area contributed by atoms with E-state index in [0.717, 1.165) is 24.9 Å². The maximum absolute atomic E-state index is 4.38. The van der Waals surface area contributed by atoms with Crippen molar-refractivity contribution < 1.29 is 0 Å². The van der Waals surface area contributed by atoms with Crippen LogP contribution in [0.4, 0.5) is 0 Å². The molecule has 0 saturated heterocycles. The predicted molar refractivity (Wildman–Crippen MR) is 66.3 cm³/mol. The van der Waals surface area contributed by atoms with E-state index in [2.05, 4.69) is 23.4 Å². The minimum Gasteiger partial charge on any atom is -0.314 e. The molecular formula is C13H23N3. The van der Waals surface area contributed by atoms with Gasteiger partial charge in [0.05, 0.1) is 5.69 Å². The normalized spacial score (nSPS) is 25.1. The number of hydrogen-bond donors (Lipinski definition) is 1. The molecule has 1 aromatic heterocycles. The molecule has 1 aliphatic rings. The first-order chi connectivity index (χ1) is 7.78. The molecule has 1 aromatic rings. The maximum atomic E-state index is 4.38. The van der Waals surface area contributed by atoms with Gasteiger partial charge in [-0.15, -0.1) is 0 Å². The van der Waals surface area contributed by atoms with Gasteiger partial charge in [-0.05, 0) is 31.2 Å². The second kappa shape index (κ2) is 5.48. The van der Waals surface area contributed by atoms with Crippen molar-refractivity contribution in [1.82, 2.24) is 15.1 Å². The number of nitrogens with one attached hydrogen (secondary N) is 1. The second-order valence-corrected chi connectivity index (χ2v) is 4.97. The van der Waals surface area contributed by atoms with Crippen LogP contribution in [0.5, 0.6) is 0 Å². The van der Waals surface area contributed by atoms with Crippen LogP contribution < -0.4 is 5.32 Å². The van der Waals surface area contributed by atoms with Crippen LogP contribution in [0.3, 0.4) is 0 Å². The minimum absolute atomic E-state index is 0.758. The van der Waals surface area contributed by atoms with E-state index in [9.17, 15) is 0 Å². The van der Waals surface area contributed by atoms with Crippen molar-refractivity contribution in [1.29, 1.82) is 0 Å². The maximum Gasteiger partial charge on any atom is 0.0637 e. The number of aryl methyl sites for hydroxylation is 1. The highest BCUT2D eigenvalue weighted by Gasteiger charge is 2.22. The molecule has 0 bridgehead atoms. The van der Waals surface area contributed by atoms with Crippen molar-refractivity contribution in [3.8, 4) is 0 Å². The number of nitrogens with zero attached hydrogens (tertiary/aromatic N) is 2. The van der Waals surface area contributed by atoms with Crippen molar-refractivity contribution in [2.45, 2.75) is 45.1 Å². The summed E-state index contributed by atoms with van der Waals surface area (Å²) in [5.41, 5.74) is 1.19. The summed E-state index contributed by atoms with van der Waals surface area (Å²) in [6, 6.07) is 2.86. The standard InChI is InChI=1S/C13H23N3/c1-3-11-4-5-13(10-11)14-8-6-12-7-9-16(2)15-12/h7,9,11,13-14H,3-6,8,10H2,1-2H3. The molecule has 1 saturated carbocycles. The Morgan fingerprint density at radius 2 is 2.38 bits per heavy atom. The van der Waals surface area contributed by atoms with Crippen molar-refractivity contribution in [2.75, 3.05) is 6.54 Å². The summed E-state index contributed by atoms with van der Waals surface area (Å²) in [6.07, 6.45) is 8.56. The molecule has 2 unspecified atom stereocenters. The van der Waals surface area contributed by atoms with Crippen LogP contribution in [-0.2, 0) is 13.5 Å². The zero-order valence-corrected chi connectivity index (χ0v) is 10.4. The smallest absolute Gasteiger partial charge is 0.0637 e. The van der Waals surface area contributed by atoms with Gasteiger partial charge in [0.1, 0.15) is 0 Å². The van der Waals surface area contributed by atoms with Crippen LogP contribution in [0.1, 0.15) is 38.3 Å². The summed E-state index contributed by atoms with van der Waals surface area (Å²) in [7, 11) is 1.97. The van der Waals surface area contributed by atoms with Gasteiger partial charge in [-0.3, -0.25) is 4.68 Å². The predicted octanol–water partition coefficient (Wildman–Crippen LogP) is 2.13. The van der Waals surface area contributed by atoms with Crippen LogP contribution in [0, 0.1) is 5.92 Å². The fourth-order valence-electron chi connectivity index (χ4n) is 2.63. The van der Waals surface area contributed by atoms with E-state index in [-0.39, 0.29) is 0 Å². The summed E-state index contributed by atoms with van der Waals surface area (Å²) in [5, 5.41) is 8.04. The van der Waals surface area contributed by atoms with Gasteiger partial charge in [-0.2, -0.15) is 5.10 Å². The fourth-order valence-corrected chi connectivity index (χ4v) is 2.63. The lowest BCUT2D eigenvalue weighted by Crippen LogP contribution is -2.28. The molecular weight excluding hydrogens is 198 g/mol. The van der Waals surface area contributed by atoms with Gasteiger partial charge in [-0.1, -0.05) is 13.3 Å². The van der Waals surface area contributed by atoms with Crippen LogP contribution in [0.15, 0.2) is 12.3 Å². The molecule has 90 valence electrons. The molecule has 3 nitrogen and oxygen atoms in total. The van der Waals surface area contributed by atoms with Gasteiger partial charge in [0, 0.05) is 32.3 Å². The Hall–Kier alpha value is -0.830. The Bertz CT molecular complexity index is 319. The van der Waals surface area contributed by atoms with E-state index in [1.54, 1.807) is 0 Å². The van der Waals surface area contributed by atoms with Crippen LogP contribution >= 0.6 is 0 Å². The summed E-state index contributed by atoms with van der Waals surface area (Å²) < 4.78 is 1.87. The average Bonchev–Trinajstić information content (AvgIpc) is 2.88. The van der Waals surface area contributed by atoms with Crippen molar-refractivity contribution in [3.05, 3.63) is 18.0 Å². The van der Waals surface area contributed by atoms with Gasteiger partial charge in [-0.25, -0.2) is 0 Å². The van der Waals surface area contributed by atoms with E-state index in [1.807, 2.05) is 17.9 Å². The Morgan fingerprint density at radius 3 is 3.00 bits per heavy atom. The molecule has 1 heterocycles. The number of rotatable bonds is 5. The fraction of sp³-hybridized carbons (Fsp3) is 0.769. The minimum atomic E-state index is 0.758. The molecule has 0 amide bonds. The largest absolute Gasteiger partial charge is 0.314 e. The van der Waals surface area contributed by atoms with E-state index < -0.39 is 0 Å². The molecule has 16 heavy (non-hydrogen) atoms. The lowest BCUT2D eigenvalue weighted by Gasteiger charge is -2.11. The Morgan fingerprint density at radius 1 is 1.50 bits per heavy atom. The SMILES string of the molecule is CCC1CCC(NCCc2ccn(C)n2)C1. The number of hydrogen-bond acceptors (Lipinski definition) is 2. The van der Waals surface area contributed by atoms with Gasteiger partial charge >= 0.3 is 0 Å². The van der Waals surface area contributed by atoms with E-state index in [4.69, 9.17) is 0 Å². The van der Waals surface area contributed by atoms with E-state index in [1.165, 1.54) is 31.4 Å². The molecule has 1 aliphatic carbocycles. The zero-order valence-electron chi connectivity index (χ0n) is 10.4. The molecule has 0 aliphatic heterocycles. The molecule has 2 atom stereocenters. The molecule has 2 rings (SSSR count). The third-order valence-corrected chi connectivity index (χ3v) is 3.70. The molecule has 1 fully saturated rings. The Balaban J connectivity index is 1.65. The van der Waals surface area contributed by atoms with E-state index in [0.29, 0.717) is 0 Å². The highest BCUT2D eigenvalue weighted by Crippen LogP contribution is 2.27. The topological polar surface area (TPSA) is 29.9 Å². The lowest BCUT2D eigenvalue weighted by atomic mass is 10.1. The van der Waals surface area contributed by atoms with Crippen LogP contribution in [0.25, 0.3) is 0 Å². The van der Waals surface area contributed by atoms with Gasteiger partial charge < -0.3 is 5.32 Å². The summed E-state index contributed by atoms with van der Waals surface area (Å²) in [4.78, 5) is 0. The second-order valence-electron chi connectivity index (χ2n) is 4.97. The molecule has 0 radical (unpaired) electrons. The first-order valence-corrected chi connectivity index (χ1v) is 6.50. The summed E-state index contributed by atoms with van der Waals surface area (Å²) in [6.45, 7) is 3.37. The quantitative estimate of drug-likeness (QED) is 0.825. The monoisotopic (exact) mass is 221 g/mol. The van der Waals surface area contributed by atoms with Crippen molar-refractivity contribution in [3.63, 3.8) is 0 Å². The third-order valence-electron chi connectivity index (χ3n) is 3.70. The first-order valence-electron chi connectivity index (χ1n) is 6.50. The van der Waals surface area contributed by atoms with Gasteiger partial charge in [0.15, 0.2) is 0 Å². The molecule has 1 N–H and O–H groups in total. The van der Waals surface area contributed by atoms with Crippen LogP contribution in [0.2, 0.25) is 0 Å². The van der Waals surface area contributed by atoms with Gasteiger partial charge in [0.25, 0.3) is 0 Å². The summed E-state index contributed by atoms with van der Waals surface area (Å²) >= 11 is 0. The first kappa shape index (κ1) is 11.6.